The van der Waals surface area contributed by atoms with Gasteiger partial charge in [-0.2, -0.15) is 0 Å². The zero-order valence-corrected chi connectivity index (χ0v) is 17.0. The molecular formula is C22H28N4O3. The summed E-state index contributed by atoms with van der Waals surface area (Å²) in [5.74, 6) is 1.73. The maximum Gasteiger partial charge on any atom is 0.225 e. The lowest BCUT2D eigenvalue weighted by molar-refractivity contribution is 0.0502. The minimum atomic E-state index is -0.0377. The summed E-state index contributed by atoms with van der Waals surface area (Å²) in [5.41, 5.74) is 3.60. The number of ether oxygens (including phenoxy) is 3. The van der Waals surface area contributed by atoms with Gasteiger partial charge in [0, 0.05) is 37.9 Å². The van der Waals surface area contributed by atoms with E-state index in [-0.39, 0.29) is 5.41 Å². The van der Waals surface area contributed by atoms with E-state index < -0.39 is 0 Å². The van der Waals surface area contributed by atoms with E-state index in [1.807, 2.05) is 18.3 Å². The molecule has 1 aromatic heterocycles. The molecule has 0 amide bonds. The first-order valence-electron chi connectivity index (χ1n) is 10.4. The topological polar surface area (TPSA) is 60.0 Å². The maximum atomic E-state index is 5.99. The van der Waals surface area contributed by atoms with Crippen molar-refractivity contribution in [2.75, 3.05) is 58.0 Å². The molecule has 154 valence electrons. The van der Waals surface area contributed by atoms with Crippen molar-refractivity contribution in [1.29, 1.82) is 0 Å². The molecular weight excluding hydrogens is 368 g/mol. The van der Waals surface area contributed by atoms with E-state index in [2.05, 4.69) is 26.9 Å². The number of anilines is 1. The number of nitrogens with zero attached hydrogens (tertiary/aromatic N) is 4. The second kappa shape index (κ2) is 7.89. The molecule has 4 heterocycles. The van der Waals surface area contributed by atoms with Crippen LogP contribution in [0.3, 0.4) is 0 Å². The number of rotatable bonds is 4. The van der Waals surface area contributed by atoms with Crippen LogP contribution in [0.4, 0.5) is 5.95 Å². The van der Waals surface area contributed by atoms with Crippen LogP contribution in [-0.2, 0) is 28.0 Å². The van der Waals surface area contributed by atoms with Crippen LogP contribution in [0.1, 0.15) is 23.2 Å². The summed E-state index contributed by atoms with van der Waals surface area (Å²) in [6, 6.07) is 8.35. The van der Waals surface area contributed by atoms with E-state index in [1.165, 1.54) is 11.3 Å². The average molecular weight is 396 g/mol. The highest BCUT2D eigenvalue weighted by Crippen LogP contribution is 2.40. The molecule has 0 unspecified atom stereocenters. The normalized spacial score (nSPS) is 24.7. The summed E-state index contributed by atoms with van der Waals surface area (Å²) in [7, 11) is 1.70. The van der Waals surface area contributed by atoms with Gasteiger partial charge in [-0.15, -0.1) is 0 Å². The SMILES string of the molecule is COc1ccc(CN2CC[C@@]3(COCc4cnc(N5CCOCC5)nc43)C2)cc1. The smallest absolute Gasteiger partial charge is 0.225 e. The van der Waals surface area contributed by atoms with Gasteiger partial charge >= 0.3 is 0 Å². The Morgan fingerprint density at radius 3 is 2.72 bits per heavy atom. The summed E-state index contributed by atoms with van der Waals surface area (Å²) >= 11 is 0. The Bertz CT molecular complexity index is 854. The minimum absolute atomic E-state index is 0.0377. The number of hydrogen-bond donors (Lipinski definition) is 0. The molecule has 3 aliphatic heterocycles. The van der Waals surface area contributed by atoms with Crippen LogP contribution in [0.15, 0.2) is 30.5 Å². The van der Waals surface area contributed by atoms with E-state index in [0.717, 1.165) is 76.2 Å². The number of fused-ring (bicyclic) bond motifs is 2. The summed E-state index contributed by atoms with van der Waals surface area (Å²) in [6.45, 7) is 7.48. The van der Waals surface area contributed by atoms with Crippen molar-refractivity contribution in [3.8, 4) is 5.75 Å². The molecule has 5 rings (SSSR count). The Labute approximate surface area is 171 Å². The van der Waals surface area contributed by atoms with Crippen molar-refractivity contribution in [3.63, 3.8) is 0 Å². The predicted octanol–water partition coefficient (Wildman–Crippen LogP) is 2.00. The Kier molecular flexibility index (Phi) is 5.11. The van der Waals surface area contributed by atoms with Crippen LogP contribution >= 0.6 is 0 Å². The first-order valence-corrected chi connectivity index (χ1v) is 10.4. The fourth-order valence-electron chi connectivity index (χ4n) is 4.70. The van der Waals surface area contributed by atoms with Gasteiger partial charge in [0.1, 0.15) is 5.75 Å². The average Bonchev–Trinajstić information content (AvgIpc) is 3.18. The lowest BCUT2D eigenvalue weighted by Gasteiger charge is -2.35. The lowest BCUT2D eigenvalue weighted by atomic mass is 9.80. The van der Waals surface area contributed by atoms with Gasteiger partial charge in [0.25, 0.3) is 0 Å². The lowest BCUT2D eigenvalue weighted by Crippen LogP contribution is -2.42. The van der Waals surface area contributed by atoms with Gasteiger partial charge in [-0.05, 0) is 30.7 Å². The van der Waals surface area contributed by atoms with Crippen molar-refractivity contribution in [2.45, 2.75) is 25.0 Å². The Hall–Kier alpha value is -2.22. The van der Waals surface area contributed by atoms with Crippen molar-refractivity contribution >= 4 is 5.95 Å². The van der Waals surface area contributed by atoms with E-state index in [1.54, 1.807) is 7.11 Å². The first-order chi connectivity index (χ1) is 14.3. The van der Waals surface area contributed by atoms with E-state index in [4.69, 9.17) is 19.2 Å². The summed E-state index contributed by atoms with van der Waals surface area (Å²) in [6.07, 6.45) is 3.04. The van der Waals surface area contributed by atoms with E-state index >= 15 is 0 Å². The van der Waals surface area contributed by atoms with Gasteiger partial charge in [-0.1, -0.05) is 12.1 Å². The molecule has 0 bridgehead atoms. The van der Waals surface area contributed by atoms with Crippen molar-refractivity contribution in [3.05, 3.63) is 47.3 Å². The molecule has 0 radical (unpaired) electrons. The van der Waals surface area contributed by atoms with E-state index in [9.17, 15) is 0 Å². The number of hydrogen-bond acceptors (Lipinski definition) is 7. The number of benzene rings is 1. The van der Waals surface area contributed by atoms with Gasteiger partial charge in [-0.25, -0.2) is 9.97 Å². The Morgan fingerprint density at radius 1 is 1.10 bits per heavy atom. The molecule has 3 aliphatic rings. The van der Waals surface area contributed by atoms with Gasteiger partial charge < -0.3 is 19.1 Å². The maximum absolute atomic E-state index is 5.99. The Morgan fingerprint density at radius 2 is 1.93 bits per heavy atom. The second-order valence-corrected chi connectivity index (χ2v) is 8.23. The standard InChI is InChI=1S/C22H28N4O3/c1-27-19-4-2-17(3-5-19)13-25-7-6-22(15-25)16-29-14-18-12-23-21(24-20(18)22)26-8-10-28-11-9-26/h2-5,12H,6-11,13-16H2,1H3/t22-/m0/s1. The number of likely N-dealkylation sites (tertiary alicyclic amines) is 1. The summed E-state index contributed by atoms with van der Waals surface area (Å²) < 4.78 is 16.7. The number of methoxy groups -OCH3 is 1. The van der Waals surface area contributed by atoms with Crippen LogP contribution < -0.4 is 9.64 Å². The number of aromatic nitrogens is 2. The van der Waals surface area contributed by atoms with Crippen molar-refractivity contribution in [2.24, 2.45) is 0 Å². The Balaban J connectivity index is 1.36. The van der Waals surface area contributed by atoms with Crippen molar-refractivity contribution in [1.82, 2.24) is 14.9 Å². The third-order valence-corrected chi connectivity index (χ3v) is 6.28. The van der Waals surface area contributed by atoms with Gasteiger partial charge in [0.15, 0.2) is 0 Å². The van der Waals surface area contributed by atoms with E-state index in [0.29, 0.717) is 6.61 Å². The van der Waals surface area contributed by atoms with Gasteiger partial charge in [-0.3, -0.25) is 4.90 Å². The van der Waals surface area contributed by atoms with Gasteiger partial charge in [0.2, 0.25) is 5.95 Å². The molecule has 1 atom stereocenters. The molecule has 7 nitrogen and oxygen atoms in total. The highest BCUT2D eigenvalue weighted by Gasteiger charge is 2.45. The van der Waals surface area contributed by atoms with Crippen molar-refractivity contribution < 1.29 is 14.2 Å². The van der Waals surface area contributed by atoms with Crippen LogP contribution in [0.2, 0.25) is 0 Å². The predicted molar refractivity (Wildman–Crippen MR) is 109 cm³/mol. The largest absolute Gasteiger partial charge is 0.497 e. The fraction of sp³-hybridized carbons (Fsp3) is 0.545. The first kappa shape index (κ1) is 18.8. The van der Waals surface area contributed by atoms with Crippen LogP contribution in [0.25, 0.3) is 0 Å². The third-order valence-electron chi connectivity index (χ3n) is 6.28. The highest BCUT2D eigenvalue weighted by molar-refractivity contribution is 5.39. The quantitative estimate of drug-likeness (QED) is 0.783. The number of morpholine rings is 1. The summed E-state index contributed by atoms with van der Waals surface area (Å²) in [4.78, 5) is 14.4. The highest BCUT2D eigenvalue weighted by atomic mass is 16.5. The third kappa shape index (κ3) is 3.70. The molecule has 2 aromatic rings. The molecule has 29 heavy (non-hydrogen) atoms. The molecule has 0 saturated carbocycles. The molecule has 0 aliphatic carbocycles. The monoisotopic (exact) mass is 396 g/mol. The minimum Gasteiger partial charge on any atom is -0.497 e. The van der Waals surface area contributed by atoms with Gasteiger partial charge in [0.05, 0.1) is 44.6 Å². The fourth-order valence-corrected chi connectivity index (χ4v) is 4.70. The molecule has 2 fully saturated rings. The molecule has 1 aromatic carbocycles. The molecule has 1 spiro atoms. The molecule has 0 N–H and O–H groups in total. The van der Waals surface area contributed by atoms with Crippen LogP contribution in [-0.4, -0.2) is 68.0 Å². The molecule has 2 saturated heterocycles. The summed E-state index contributed by atoms with van der Waals surface area (Å²) in [5, 5.41) is 0. The molecule has 7 heteroatoms. The zero-order chi connectivity index (χ0) is 19.7. The van der Waals surface area contributed by atoms with Crippen LogP contribution in [0.5, 0.6) is 5.75 Å². The van der Waals surface area contributed by atoms with Crippen LogP contribution in [0, 0.1) is 0 Å². The second-order valence-electron chi connectivity index (χ2n) is 8.23. The zero-order valence-electron chi connectivity index (χ0n) is 17.0.